The number of nitrogens with one attached hydrogen (secondary N) is 1. The molecule has 0 aliphatic carbocycles. The van der Waals surface area contributed by atoms with Crippen LogP contribution in [0.2, 0.25) is 0 Å². The standard InChI is InChI=1S/C20H22N6/c1-26(13-9-15-6-2-4-10-22-15)20-16-8-12-21-14-18(16)24-19(25-20)17-7-3-5-11-23-17/h2-7,10-11,21H,8-9,12-14H2,1H3. The number of pyridine rings is 2. The quantitative estimate of drug-likeness (QED) is 0.764. The zero-order valence-corrected chi connectivity index (χ0v) is 14.9. The van der Waals surface area contributed by atoms with Gasteiger partial charge in [-0.3, -0.25) is 9.97 Å². The highest BCUT2D eigenvalue weighted by atomic mass is 15.2. The van der Waals surface area contributed by atoms with Gasteiger partial charge in [0, 0.05) is 50.2 Å². The van der Waals surface area contributed by atoms with Gasteiger partial charge in [-0.25, -0.2) is 9.97 Å². The third-order valence-corrected chi connectivity index (χ3v) is 4.60. The minimum atomic E-state index is 0.688. The second kappa shape index (κ2) is 7.58. The smallest absolute Gasteiger partial charge is 0.180 e. The second-order valence-electron chi connectivity index (χ2n) is 6.43. The van der Waals surface area contributed by atoms with Gasteiger partial charge in [-0.05, 0) is 37.2 Å². The molecule has 3 aromatic rings. The molecule has 0 saturated carbocycles. The van der Waals surface area contributed by atoms with Gasteiger partial charge in [0.15, 0.2) is 5.82 Å². The minimum Gasteiger partial charge on any atom is -0.359 e. The SMILES string of the molecule is CN(CCc1ccccn1)c1nc(-c2ccccn2)nc2c1CCNC2. The zero-order valence-electron chi connectivity index (χ0n) is 14.9. The van der Waals surface area contributed by atoms with E-state index in [2.05, 4.69) is 33.3 Å². The van der Waals surface area contributed by atoms with E-state index in [-0.39, 0.29) is 0 Å². The summed E-state index contributed by atoms with van der Waals surface area (Å²) in [4.78, 5) is 20.7. The maximum atomic E-state index is 4.87. The largest absolute Gasteiger partial charge is 0.359 e. The highest BCUT2D eigenvalue weighted by Gasteiger charge is 2.20. The number of hydrogen-bond donors (Lipinski definition) is 1. The van der Waals surface area contributed by atoms with Crippen LogP contribution in [0.4, 0.5) is 5.82 Å². The second-order valence-corrected chi connectivity index (χ2v) is 6.43. The van der Waals surface area contributed by atoms with Crippen LogP contribution in [0.5, 0.6) is 0 Å². The van der Waals surface area contributed by atoms with Gasteiger partial charge in [0.25, 0.3) is 0 Å². The van der Waals surface area contributed by atoms with E-state index in [0.29, 0.717) is 5.82 Å². The molecule has 6 heteroatoms. The van der Waals surface area contributed by atoms with Crippen molar-refractivity contribution in [1.82, 2.24) is 25.3 Å². The molecular formula is C20H22N6. The number of anilines is 1. The molecule has 1 N–H and O–H groups in total. The molecule has 0 amide bonds. The van der Waals surface area contributed by atoms with E-state index in [1.54, 1.807) is 6.20 Å². The Balaban J connectivity index is 1.65. The maximum absolute atomic E-state index is 4.87. The lowest BCUT2D eigenvalue weighted by Gasteiger charge is -2.26. The Morgan fingerprint density at radius 3 is 2.65 bits per heavy atom. The summed E-state index contributed by atoms with van der Waals surface area (Å²) in [5, 5.41) is 3.40. The van der Waals surface area contributed by atoms with E-state index in [1.165, 1.54) is 5.56 Å². The van der Waals surface area contributed by atoms with E-state index < -0.39 is 0 Å². The fourth-order valence-electron chi connectivity index (χ4n) is 3.20. The summed E-state index contributed by atoms with van der Waals surface area (Å²) in [7, 11) is 2.09. The first kappa shape index (κ1) is 16.6. The molecule has 0 atom stereocenters. The first-order chi connectivity index (χ1) is 12.8. The van der Waals surface area contributed by atoms with E-state index in [4.69, 9.17) is 9.97 Å². The third kappa shape index (κ3) is 3.55. The van der Waals surface area contributed by atoms with Crippen LogP contribution < -0.4 is 10.2 Å². The summed E-state index contributed by atoms with van der Waals surface area (Å²) >= 11 is 0. The Hall–Kier alpha value is -2.86. The first-order valence-corrected chi connectivity index (χ1v) is 8.94. The predicted molar refractivity (Wildman–Crippen MR) is 102 cm³/mol. The lowest BCUT2D eigenvalue weighted by atomic mass is 10.1. The first-order valence-electron chi connectivity index (χ1n) is 8.94. The van der Waals surface area contributed by atoms with Crippen molar-refractivity contribution in [3.63, 3.8) is 0 Å². The molecule has 1 aliphatic heterocycles. The summed E-state index contributed by atoms with van der Waals surface area (Å²) in [6.07, 6.45) is 5.45. The van der Waals surface area contributed by atoms with Crippen LogP contribution in [-0.4, -0.2) is 40.1 Å². The number of hydrogen-bond acceptors (Lipinski definition) is 6. The molecule has 3 aromatic heterocycles. The summed E-state index contributed by atoms with van der Waals surface area (Å²) in [6, 6.07) is 11.9. The van der Waals surface area contributed by atoms with Crippen LogP contribution in [-0.2, 0) is 19.4 Å². The van der Waals surface area contributed by atoms with Gasteiger partial charge < -0.3 is 10.2 Å². The van der Waals surface area contributed by atoms with Gasteiger partial charge in [-0.15, -0.1) is 0 Å². The Labute approximate surface area is 153 Å². The van der Waals surface area contributed by atoms with Crippen molar-refractivity contribution < 1.29 is 0 Å². The van der Waals surface area contributed by atoms with E-state index in [0.717, 1.165) is 55.4 Å². The van der Waals surface area contributed by atoms with Crippen molar-refractivity contribution in [2.24, 2.45) is 0 Å². The minimum absolute atomic E-state index is 0.688. The molecule has 132 valence electrons. The highest BCUT2D eigenvalue weighted by Crippen LogP contribution is 2.26. The average molecular weight is 346 g/mol. The Kier molecular flexibility index (Phi) is 4.84. The molecule has 4 heterocycles. The zero-order chi connectivity index (χ0) is 17.8. The fraction of sp³-hybridized carbons (Fsp3) is 0.300. The molecule has 26 heavy (non-hydrogen) atoms. The predicted octanol–water partition coefficient (Wildman–Crippen LogP) is 2.26. The van der Waals surface area contributed by atoms with Crippen molar-refractivity contribution in [1.29, 1.82) is 0 Å². The summed E-state index contributed by atoms with van der Waals surface area (Å²) < 4.78 is 0. The van der Waals surface area contributed by atoms with E-state index in [9.17, 15) is 0 Å². The van der Waals surface area contributed by atoms with E-state index in [1.807, 2.05) is 36.5 Å². The number of aromatic nitrogens is 4. The van der Waals surface area contributed by atoms with Crippen LogP contribution >= 0.6 is 0 Å². The molecule has 0 saturated heterocycles. The molecular weight excluding hydrogens is 324 g/mol. The number of nitrogens with zero attached hydrogens (tertiary/aromatic N) is 5. The van der Waals surface area contributed by atoms with Gasteiger partial charge in [0.1, 0.15) is 11.5 Å². The molecule has 0 spiro atoms. The van der Waals surface area contributed by atoms with Crippen LogP contribution in [0.3, 0.4) is 0 Å². The topological polar surface area (TPSA) is 66.8 Å². The molecule has 0 radical (unpaired) electrons. The molecule has 6 nitrogen and oxygen atoms in total. The van der Waals surface area contributed by atoms with Crippen molar-refractivity contribution in [3.05, 3.63) is 65.7 Å². The molecule has 1 aliphatic rings. The lowest BCUT2D eigenvalue weighted by Crippen LogP contribution is -2.30. The molecule has 0 aromatic carbocycles. The number of rotatable bonds is 5. The maximum Gasteiger partial charge on any atom is 0.180 e. The Morgan fingerprint density at radius 2 is 1.88 bits per heavy atom. The van der Waals surface area contributed by atoms with Gasteiger partial charge in [-0.2, -0.15) is 0 Å². The van der Waals surface area contributed by atoms with Crippen molar-refractivity contribution in [3.8, 4) is 11.5 Å². The molecule has 0 fully saturated rings. The number of fused-ring (bicyclic) bond motifs is 1. The number of likely N-dealkylation sites (N-methyl/N-ethyl adjacent to an activating group) is 1. The molecule has 0 unspecified atom stereocenters. The monoisotopic (exact) mass is 346 g/mol. The Bertz CT molecular complexity index is 866. The summed E-state index contributed by atoms with van der Waals surface area (Å²) in [6.45, 7) is 2.59. The molecule has 4 rings (SSSR count). The highest BCUT2D eigenvalue weighted by molar-refractivity contribution is 5.58. The van der Waals surface area contributed by atoms with Crippen LogP contribution in [0.1, 0.15) is 17.0 Å². The van der Waals surface area contributed by atoms with Crippen molar-refractivity contribution in [2.75, 3.05) is 25.0 Å². The fourth-order valence-corrected chi connectivity index (χ4v) is 3.20. The van der Waals surface area contributed by atoms with Crippen LogP contribution in [0.15, 0.2) is 48.8 Å². The van der Waals surface area contributed by atoms with Gasteiger partial charge in [0.05, 0.1) is 5.69 Å². The van der Waals surface area contributed by atoms with E-state index >= 15 is 0 Å². The van der Waals surface area contributed by atoms with Gasteiger partial charge >= 0.3 is 0 Å². The summed E-state index contributed by atoms with van der Waals surface area (Å²) in [5.74, 6) is 1.70. The third-order valence-electron chi connectivity index (χ3n) is 4.60. The van der Waals surface area contributed by atoms with Gasteiger partial charge in [0.2, 0.25) is 0 Å². The van der Waals surface area contributed by atoms with Crippen molar-refractivity contribution >= 4 is 5.82 Å². The van der Waals surface area contributed by atoms with Crippen LogP contribution in [0, 0.1) is 0 Å². The summed E-state index contributed by atoms with van der Waals surface area (Å²) in [5.41, 5.74) is 4.22. The van der Waals surface area contributed by atoms with Gasteiger partial charge in [-0.1, -0.05) is 12.1 Å². The normalized spacial score (nSPS) is 13.3. The van der Waals surface area contributed by atoms with Crippen LogP contribution in [0.25, 0.3) is 11.5 Å². The van der Waals surface area contributed by atoms with Crippen molar-refractivity contribution in [2.45, 2.75) is 19.4 Å². The lowest BCUT2D eigenvalue weighted by molar-refractivity contribution is 0.621. The average Bonchev–Trinajstić information content (AvgIpc) is 2.72. The molecule has 0 bridgehead atoms. The Morgan fingerprint density at radius 1 is 1.04 bits per heavy atom.